The Morgan fingerprint density at radius 3 is 2.84 bits per heavy atom. The van der Waals surface area contributed by atoms with Crippen molar-refractivity contribution in [3.63, 3.8) is 0 Å². The van der Waals surface area contributed by atoms with Gasteiger partial charge in [0.05, 0.1) is 11.6 Å². The topological polar surface area (TPSA) is 113 Å². The number of rotatable bonds is 3. The first-order valence-corrected chi connectivity index (χ1v) is 8.10. The first-order chi connectivity index (χ1) is 11.9. The fraction of sp³-hybridized carbons (Fsp3) is 0.438. The lowest BCUT2D eigenvalue weighted by Crippen LogP contribution is -2.42. The second kappa shape index (κ2) is 6.88. The third-order valence-corrected chi connectivity index (χ3v) is 4.32. The fourth-order valence-corrected chi connectivity index (χ4v) is 2.86. The average molecular weight is 344 g/mol. The summed E-state index contributed by atoms with van der Waals surface area (Å²) in [6.45, 7) is 3.20. The lowest BCUT2D eigenvalue weighted by molar-refractivity contribution is -0.120. The van der Waals surface area contributed by atoms with Crippen molar-refractivity contribution in [3.05, 3.63) is 44.7 Å². The third-order valence-electron chi connectivity index (χ3n) is 4.32. The normalized spacial score (nSPS) is 17.4. The van der Waals surface area contributed by atoms with Gasteiger partial charge < -0.3 is 10.2 Å². The second-order valence-corrected chi connectivity index (χ2v) is 6.19. The monoisotopic (exact) mass is 344 g/mol. The summed E-state index contributed by atoms with van der Waals surface area (Å²) in [7, 11) is 1.49. The molecule has 2 aromatic rings. The summed E-state index contributed by atoms with van der Waals surface area (Å²) in [6.07, 6.45) is 1.58. The van der Waals surface area contributed by atoms with Crippen molar-refractivity contribution in [2.24, 2.45) is 13.0 Å². The number of aryl methyl sites for hydroxylation is 1. The predicted octanol–water partition coefficient (Wildman–Crippen LogP) is 0.0271. The van der Waals surface area contributed by atoms with E-state index >= 15 is 0 Å². The van der Waals surface area contributed by atoms with E-state index in [0.717, 1.165) is 30.9 Å². The SMILES string of the molecule is Cc1ccc(N2CCCC(C(=O)Nc3cc(=O)[nH]c(=O)n3C)C2)nn1. The molecule has 1 unspecified atom stereocenters. The van der Waals surface area contributed by atoms with Gasteiger partial charge in [-0.1, -0.05) is 0 Å². The molecule has 132 valence electrons. The quantitative estimate of drug-likeness (QED) is 0.812. The highest BCUT2D eigenvalue weighted by Crippen LogP contribution is 2.22. The molecule has 9 heteroatoms. The molecule has 0 aliphatic carbocycles. The molecular formula is C16H20N6O3. The van der Waals surface area contributed by atoms with Gasteiger partial charge in [0, 0.05) is 26.2 Å². The van der Waals surface area contributed by atoms with Gasteiger partial charge in [0.1, 0.15) is 5.82 Å². The maximum atomic E-state index is 12.6. The van der Waals surface area contributed by atoms with Crippen LogP contribution in [0.4, 0.5) is 11.6 Å². The molecule has 9 nitrogen and oxygen atoms in total. The molecule has 1 amide bonds. The highest BCUT2D eigenvalue weighted by molar-refractivity contribution is 5.92. The molecule has 0 spiro atoms. The van der Waals surface area contributed by atoms with Gasteiger partial charge in [0.2, 0.25) is 5.91 Å². The summed E-state index contributed by atoms with van der Waals surface area (Å²) in [6, 6.07) is 4.98. The molecule has 25 heavy (non-hydrogen) atoms. The lowest BCUT2D eigenvalue weighted by atomic mass is 9.97. The molecule has 2 aromatic heterocycles. The summed E-state index contributed by atoms with van der Waals surface area (Å²) < 4.78 is 1.20. The highest BCUT2D eigenvalue weighted by Gasteiger charge is 2.27. The first-order valence-electron chi connectivity index (χ1n) is 8.10. The number of carbonyl (C=O) groups excluding carboxylic acids is 1. The van der Waals surface area contributed by atoms with E-state index in [-0.39, 0.29) is 17.6 Å². The summed E-state index contributed by atoms with van der Waals surface area (Å²) in [4.78, 5) is 39.8. The van der Waals surface area contributed by atoms with Gasteiger partial charge in [-0.25, -0.2) is 4.79 Å². The van der Waals surface area contributed by atoms with Crippen LogP contribution in [-0.2, 0) is 11.8 Å². The van der Waals surface area contributed by atoms with E-state index in [4.69, 9.17) is 0 Å². The van der Waals surface area contributed by atoms with Crippen LogP contribution >= 0.6 is 0 Å². The van der Waals surface area contributed by atoms with Crippen LogP contribution in [-0.4, -0.2) is 38.7 Å². The molecule has 1 saturated heterocycles. The maximum Gasteiger partial charge on any atom is 0.329 e. The molecule has 1 aliphatic heterocycles. The standard InChI is InChI=1S/C16H20N6O3/c1-10-5-6-12(20-19-10)22-7-3-4-11(9-22)15(24)17-13-8-14(23)18-16(25)21(13)2/h5-6,8,11H,3-4,7,9H2,1-2H3,(H,17,24)(H,18,23,25). The van der Waals surface area contributed by atoms with E-state index in [0.29, 0.717) is 6.54 Å². The number of H-pyrrole nitrogens is 1. The zero-order chi connectivity index (χ0) is 18.0. The first kappa shape index (κ1) is 16.9. The van der Waals surface area contributed by atoms with Gasteiger partial charge >= 0.3 is 5.69 Å². The van der Waals surface area contributed by atoms with Crippen molar-refractivity contribution in [2.45, 2.75) is 19.8 Å². The molecule has 0 bridgehead atoms. The van der Waals surface area contributed by atoms with Crippen LogP contribution in [0.2, 0.25) is 0 Å². The van der Waals surface area contributed by atoms with Crippen LogP contribution < -0.4 is 21.5 Å². The number of hydrogen-bond acceptors (Lipinski definition) is 6. The fourth-order valence-electron chi connectivity index (χ4n) is 2.86. The Balaban J connectivity index is 1.73. The van der Waals surface area contributed by atoms with Crippen molar-refractivity contribution in [1.29, 1.82) is 0 Å². The van der Waals surface area contributed by atoms with Crippen LogP contribution in [0.25, 0.3) is 0 Å². The number of aromatic amines is 1. The molecule has 1 fully saturated rings. The number of carbonyl (C=O) groups is 1. The smallest absolute Gasteiger partial charge is 0.329 e. The number of amides is 1. The van der Waals surface area contributed by atoms with Crippen molar-refractivity contribution >= 4 is 17.5 Å². The van der Waals surface area contributed by atoms with E-state index in [1.54, 1.807) is 0 Å². The number of aromatic nitrogens is 4. The van der Waals surface area contributed by atoms with Gasteiger partial charge in [0.15, 0.2) is 5.82 Å². The number of piperidine rings is 1. The molecule has 1 aliphatic rings. The van der Waals surface area contributed by atoms with Crippen LogP contribution in [0.3, 0.4) is 0 Å². The van der Waals surface area contributed by atoms with Crippen molar-refractivity contribution < 1.29 is 4.79 Å². The average Bonchev–Trinajstić information content (AvgIpc) is 2.60. The van der Waals surface area contributed by atoms with E-state index in [2.05, 4.69) is 20.5 Å². The largest absolute Gasteiger partial charge is 0.354 e. The number of nitrogens with zero attached hydrogens (tertiary/aromatic N) is 4. The minimum absolute atomic E-state index is 0.186. The summed E-state index contributed by atoms with van der Waals surface area (Å²) in [5.41, 5.74) is -0.271. The Labute approximate surface area is 143 Å². The molecular weight excluding hydrogens is 324 g/mol. The Hall–Kier alpha value is -2.97. The molecule has 0 saturated carbocycles. The minimum Gasteiger partial charge on any atom is -0.354 e. The van der Waals surface area contributed by atoms with Gasteiger partial charge in [-0.05, 0) is 31.9 Å². The van der Waals surface area contributed by atoms with E-state index in [1.807, 2.05) is 24.0 Å². The summed E-state index contributed by atoms with van der Waals surface area (Å²) in [5.74, 6) is 0.453. The van der Waals surface area contributed by atoms with E-state index in [9.17, 15) is 14.4 Å². The number of hydrogen-bond donors (Lipinski definition) is 2. The Bertz CT molecular complexity index is 886. The molecule has 0 aromatic carbocycles. The van der Waals surface area contributed by atoms with Crippen LogP contribution in [0.15, 0.2) is 27.8 Å². The highest BCUT2D eigenvalue weighted by atomic mass is 16.2. The molecule has 0 radical (unpaired) electrons. The van der Waals surface area contributed by atoms with Gasteiger partial charge in [-0.3, -0.25) is 19.1 Å². The number of nitrogens with one attached hydrogen (secondary N) is 2. The molecule has 2 N–H and O–H groups in total. The van der Waals surface area contributed by atoms with Crippen LogP contribution in [0.1, 0.15) is 18.5 Å². The minimum atomic E-state index is -0.567. The predicted molar refractivity (Wildman–Crippen MR) is 92.6 cm³/mol. The zero-order valence-corrected chi connectivity index (χ0v) is 14.2. The summed E-state index contributed by atoms with van der Waals surface area (Å²) >= 11 is 0. The van der Waals surface area contributed by atoms with Crippen LogP contribution in [0, 0.1) is 12.8 Å². The van der Waals surface area contributed by atoms with Crippen molar-refractivity contribution in [2.75, 3.05) is 23.3 Å². The Kier molecular flexibility index (Phi) is 4.64. The van der Waals surface area contributed by atoms with Gasteiger partial charge in [-0.15, -0.1) is 5.10 Å². The summed E-state index contributed by atoms with van der Waals surface area (Å²) in [5, 5.41) is 10.9. The van der Waals surface area contributed by atoms with Crippen molar-refractivity contribution in [1.82, 2.24) is 19.7 Å². The van der Waals surface area contributed by atoms with Gasteiger partial charge in [-0.2, -0.15) is 5.10 Å². The third kappa shape index (κ3) is 3.76. The molecule has 1 atom stereocenters. The van der Waals surface area contributed by atoms with E-state index < -0.39 is 11.2 Å². The Morgan fingerprint density at radius 1 is 1.32 bits per heavy atom. The molecule has 3 rings (SSSR count). The van der Waals surface area contributed by atoms with Crippen molar-refractivity contribution in [3.8, 4) is 0 Å². The maximum absolute atomic E-state index is 12.6. The van der Waals surface area contributed by atoms with Gasteiger partial charge in [0.25, 0.3) is 5.56 Å². The van der Waals surface area contributed by atoms with Crippen LogP contribution in [0.5, 0.6) is 0 Å². The Morgan fingerprint density at radius 2 is 2.12 bits per heavy atom. The second-order valence-electron chi connectivity index (χ2n) is 6.19. The molecule has 3 heterocycles. The lowest BCUT2D eigenvalue weighted by Gasteiger charge is -2.32. The number of anilines is 2. The zero-order valence-electron chi connectivity index (χ0n) is 14.2. The van der Waals surface area contributed by atoms with E-state index in [1.165, 1.54) is 17.7 Å².